The Bertz CT molecular complexity index is 491. The Kier molecular flexibility index (Phi) is 3.26. The summed E-state index contributed by atoms with van der Waals surface area (Å²) in [6, 6.07) is 6.18. The second-order valence-corrected chi connectivity index (χ2v) is 4.69. The third-order valence-electron chi connectivity index (χ3n) is 2.98. The predicted molar refractivity (Wildman–Crippen MR) is 63.4 cm³/mol. The molecular weight excluding hydrogens is 261 g/mol. The topological polar surface area (TPSA) is 57.6 Å². The van der Waals surface area contributed by atoms with E-state index >= 15 is 0 Å². The molecule has 1 aromatic rings. The van der Waals surface area contributed by atoms with E-state index in [2.05, 4.69) is 0 Å². The molecule has 1 aliphatic rings. The standard InChI is InChI=1S/C12H11ClFNO3/c13-9-3-1-8(2-4-9)10(16)15-6-5-12(14,7-15)11(17)18/h1-4H,5-7H2,(H,17,18). The minimum absolute atomic E-state index is 0.101. The van der Waals surface area contributed by atoms with Crippen LogP contribution in [0.5, 0.6) is 0 Å². The van der Waals surface area contributed by atoms with Gasteiger partial charge in [-0.1, -0.05) is 11.6 Å². The molecular formula is C12H11ClFNO3. The first-order valence-corrected chi connectivity index (χ1v) is 5.77. The lowest BCUT2D eigenvalue weighted by molar-refractivity contribution is -0.149. The number of carboxylic acid groups (broad SMARTS) is 1. The number of alkyl halides is 1. The highest BCUT2D eigenvalue weighted by atomic mass is 35.5. The van der Waals surface area contributed by atoms with E-state index in [0.717, 1.165) is 0 Å². The third kappa shape index (κ3) is 2.31. The fourth-order valence-corrected chi connectivity index (χ4v) is 2.02. The number of likely N-dealkylation sites (tertiary alicyclic amines) is 1. The Morgan fingerprint density at radius 3 is 2.44 bits per heavy atom. The summed E-state index contributed by atoms with van der Waals surface area (Å²) >= 11 is 5.70. The molecule has 96 valence electrons. The van der Waals surface area contributed by atoms with E-state index in [9.17, 15) is 14.0 Å². The molecule has 4 nitrogen and oxygen atoms in total. The van der Waals surface area contributed by atoms with E-state index < -0.39 is 18.2 Å². The summed E-state index contributed by atoms with van der Waals surface area (Å²) in [6.45, 7) is -0.311. The summed E-state index contributed by atoms with van der Waals surface area (Å²) in [5.74, 6) is -1.90. The summed E-state index contributed by atoms with van der Waals surface area (Å²) in [5, 5.41) is 9.25. The molecule has 1 fully saturated rings. The zero-order chi connectivity index (χ0) is 13.3. The minimum atomic E-state index is -2.33. The summed E-state index contributed by atoms with van der Waals surface area (Å²) in [5.41, 5.74) is -1.96. The molecule has 1 aliphatic heterocycles. The van der Waals surface area contributed by atoms with Crippen LogP contribution in [-0.4, -0.2) is 40.6 Å². The number of benzene rings is 1. The lowest BCUT2D eigenvalue weighted by Crippen LogP contribution is -2.38. The van der Waals surface area contributed by atoms with Crippen molar-refractivity contribution >= 4 is 23.5 Å². The number of amides is 1. The van der Waals surface area contributed by atoms with E-state index in [1.54, 1.807) is 12.1 Å². The zero-order valence-corrected chi connectivity index (χ0v) is 10.2. The number of rotatable bonds is 2. The van der Waals surface area contributed by atoms with Crippen molar-refractivity contribution in [1.82, 2.24) is 4.90 Å². The molecule has 1 N–H and O–H groups in total. The van der Waals surface area contributed by atoms with Crippen molar-refractivity contribution in [2.24, 2.45) is 0 Å². The predicted octanol–water partition coefficient (Wildman–Crippen LogP) is 1.98. The first kappa shape index (κ1) is 12.8. The minimum Gasteiger partial charge on any atom is -0.479 e. The highest BCUT2D eigenvalue weighted by Gasteiger charge is 2.46. The smallest absolute Gasteiger partial charge is 0.343 e. The van der Waals surface area contributed by atoms with Gasteiger partial charge in [-0.15, -0.1) is 0 Å². The monoisotopic (exact) mass is 271 g/mol. The first-order chi connectivity index (χ1) is 8.42. The molecule has 1 saturated heterocycles. The van der Waals surface area contributed by atoms with Crippen molar-refractivity contribution in [1.29, 1.82) is 0 Å². The van der Waals surface area contributed by atoms with Crippen LogP contribution in [0.4, 0.5) is 4.39 Å². The molecule has 0 spiro atoms. The Labute approximate surface area is 108 Å². The fourth-order valence-electron chi connectivity index (χ4n) is 1.90. The average molecular weight is 272 g/mol. The first-order valence-electron chi connectivity index (χ1n) is 5.39. The van der Waals surface area contributed by atoms with Crippen molar-refractivity contribution in [3.05, 3.63) is 34.9 Å². The van der Waals surface area contributed by atoms with Gasteiger partial charge >= 0.3 is 5.97 Å². The summed E-state index contributed by atoms with van der Waals surface area (Å²) in [7, 11) is 0. The number of nitrogens with zero attached hydrogens (tertiary/aromatic N) is 1. The Morgan fingerprint density at radius 2 is 1.94 bits per heavy atom. The van der Waals surface area contributed by atoms with Crippen LogP contribution in [0.3, 0.4) is 0 Å². The lowest BCUT2D eigenvalue weighted by Gasteiger charge is -2.17. The summed E-state index contributed by atoms with van der Waals surface area (Å²) in [4.78, 5) is 23.9. The maximum Gasteiger partial charge on any atom is 0.343 e. The maximum atomic E-state index is 13.8. The molecule has 0 bridgehead atoms. The van der Waals surface area contributed by atoms with Crippen molar-refractivity contribution in [3.63, 3.8) is 0 Å². The van der Waals surface area contributed by atoms with Crippen LogP contribution in [0.2, 0.25) is 5.02 Å². The second kappa shape index (κ2) is 4.57. The van der Waals surface area contributed by atoms with Crippen LogP contribution in [-0.2, 0) is 4.79 Å². The van der Waals surface area contributed by atoms with Crippen LogP contribution in [0, 0.1) is 0 Å². The van der Waals surface area contributed by atoms with Gasteiger partial charge in [0.2, 0.25) is 5.67 Å². The Balaban J connectivity index is 2.12. The summed E-state index contributed by atoms with van der Waals surface area (Å²) in [6.07, 6.45) is -0.179. The molecule has 0 aliphatic carbocycles. The molecule has 0 aromatic heterocycles. The van der Waals surface area contributed by atoms with Crippen molar-refractivity contribution < 1.29 is 19.1 Å². The second-order valence-electron chi connectivity index (χ2n) is 4.25. The molecule has 0 radical (unpaired) electrons. The van der Waals surface area contributed by atoms with Crippen molar-refractivity contribution in [2.75, 3.05) is 13.1 Å². The fraction of sp³-hybridized carbons (Fsp3) is 0.333. The SMILES string of the molecule is O=C(c1ccc(Cl)cc1)N1CCC(F)(C(=O)O)C1. The lowest BCUT2D eigenvalue weighted by atomic mass is 10.1. The van der Waals surface area contributed by atoms with Gasteiger partial charge in [0.1, 0.15) is 0 Å². The third-order valence-corrected chi connectivity index (χ3v) is 3.23. The van der Waals surface area contributed by atoms with Crippen molar-refractivity contribution in [3.8, 4) is 0 Å². The van der Waals surface area contributed by atoms with Crippen LogP contribution in [0.15, 0.2) is 24.3 Å². The van der Waals surface area contributed by atoms with Crippen LogP contribution >= 0.6 is 11.6 Å². The number of halogens is 2. The van der Waals surface area contributed by atoms with E-state index in [4.69, 9.17) is 16.7 Å². The van der Waals surface area contributed by atoms with Gasteiger partial charge in [-0.3, -0.25) is 4.79 Å². The van der Waals surface area contributed by atoms with E-state index in [1.807, 2.05) is 0 Å². The molecule has 1 heterocycles. The molecule has 1 amide bonds. The van der Waals surface area contributed by atoms with Gasteiger partial charge in [0.05, 0.1) is 6.54 Å². The highest BCUT2D eigenvalue weighted by Crippen LogP contribution is 2.27. The molecule has 0 saturated carbocycles. The van der Waals surface area contributed by atoms with E-state index in [0.29, 0.717) is 10.6 Å². The van der Waals surface area contributed by atoms with Crippen LogP contribution in [0.1, 0.15) is 16.8 Å². The average Bonchev–Trinajstić information content (AvgIpc) is 2.73. The number of carboxylic acids is 1. The number of hydrogen-bond acceptors (Lipinski definition) is 2. The van der Waals surface area contributed by atoms with Gasteiger partial charge in [0, 0.05) is 23.6 Å². The number of carbonyl (C=O) groups is 2. The van der Waals surface area contributed by atoms with Crippen molar-refractivity contribution in [2.45, 2.75) is 12.1 Å². The highest BCUT2D eigenvalue weighted by molar-refractivity contribution is 6.30. The molecule has 1 atom stereocenters. The van der Waals surface area contributed by atoms with Gasteiger partial charge in [-0.05, 0) is 24.3 Å². The molecule has 1 aromatic carbocycles. The van der Waals surface area contributed by atoms with E-state index in [-0.39, 0.29) is 18.9 Å². The number of aliphatic carboxylic acids is 1. The van der Waals surface area contributed by atoms with Gasteiger partial charge < -0.3 is 10.0 Å². The maximum absolute atomic E-state index is 13.8. The Morgan fingerprint density at radius 1 is 1.33 bits per heavy atom. The molecule has 18 heavy (non-hydrogen) atoms. The summed E-state index contributed by atoms with van der Waals surface area (Å²) < 4.78 is 13.8. The molecule has 6 heteroatoms. The molecule has 1 unspecified atom stereocenters. The van der Waals surface area contributed by atoms with Gasteiger partial charge in [0.15, 0.2) is 0 Å². The van der Waals surface area contributed by atoms with Gasteiger partial charge in [-0.25, -0.2) is 9.18 Å². The van der Waals surface area contributed by atoms with Gasteiger partial charge in [0.25, 0.3) is 5.91 Å². The van der Waals surface area contributed by atoms with E-state index in [1.165, 1.54) is 17.0 Å². The van der Waals surface area contributed by atoms with Crippen LogP contribution in [0.25, 0.3) is 0 Å². The number of hydrogen-bond donors (Lipinski definition) is 1. The number of carbonyl (C=O) groups excluding carboxylic acids is 1. The Hall–Kier alpha value is -1.62. The van der Waals surface area contributed by atoms with Crippen LogP contribution < -0.4 is 0 Å². The normalized spacial score (nSPS) is 23.1. The zero-order valence-electron chi connectivity index (χ0n) is 9.40. The molecule has 2 rings (SSSR count). The van der Waals surface area contributed by atoms with Gasteiger partial charge in [-0.2, -0.15) is 0 Å². The quantitative estimate of drug-likeness (QED) is 0.895. The largest absolute Gasteiger partial charge is 0.479 e.